The predicted octanol–water partition coefficient (Wildman–Crippen LogP) is 3.69. The molecule has 1 aliphatic heterocycles. The van der Waals surface area contributed by atoms with E-state index in [4.69, 9.17) is 4.74 Å². The molecule has 0 spiro atoms. The van der Waals surface area contributed by atoms with Crippen LogP contribution in [0.5, 0.6) is 0 Å². The summed E-state index contributed by atoms with van der Waals surface area (Å²) in [4.78, 5) is 13.3. The molecular weight excluding hydrogens is 290 g/mol. The standard InChI is InChI=1S/C19H19NO3/c21-18(12-11-15-7-3-1-4-8-15)20-17(14-23-19(20)22)13-16-9-5-2-6-10-16/h1-10,12,17,21H,11,13-14H2/b18-12-/t17-/m0/s1. The van der Waals surface area contributed by atoms with Gasteiger partial charge in [-0.1, -0.05) is 60.7 Å². The third-order valence-corrected chi connectivity index (χ3v) is 3.89. The van der Waals surface area contributed by atoms with Crippen LogP contribution in [0, 0.1) is 0 Å². The Morgan fingerprint density at radius 1 is 1.09 bits per heavy atom. The number of cyclic esters (lactones) is 1. The summed E-state index contributed by atoms with van der Waals surface area (Å²) in [7, 11) is 0. The van der Waals surface area contributed by atoms with Crippen molar-refractivity contribution in [3.63, 3.8) is 0 Å². The van der Waals surface area contributed by atoms with Gasteiger partial charge in [-0.15, -0.1) is 0 Å². The summed E-state index contributed by atoms with van der Waals surface area (Å²) < 4.78 is 5.11. The molecule has 1 heterocycles. The minimum Gasteiger partial charge on any atom is -0.495 e. The number of hydrogen-bond donors (Lipinski definition) is 1. The van der Waals surface area contributed by atoms with Crippen LogP contribution in [-0.2, 0) is 17.6 Å². The van der Waals surface area contributed by atoms with Crippen molar-refractivity contribution in [1.82, 2.24) is 4.90 Å². The van der Waals surface area contributed by atoms with Gasteiger partial charge in [0.25, 0.3) is 0 Å². The number of ether oxygens (including phenoxy) is 1. The second kappa shape index (κ2) is 7.01. The number of allylic oxidation sites excluding steroid dienone is 1. The number of benzene rings is 2. The molecule has 0 aromatic heterocycles. The molecule has 0 aliphatic carbocycles. The lowest BCUT2D eigenvalue weighted by Crippen LogP contribution is -2.34. The number of nitrogens with zero attached hydrogens (tertiary/aromatic N) is 1. The lowest BCUT2D eigenvalue weighted by atomic mass is 10.1. The van der Waals surface area contributed by atoms with Crippen LogP contribution in [0.4, 0.5) is 4.79 Å². The number of amides is 1. The highest BCUT2D eigenvalue weighted by molar-refractivity contribution is 5.72. The molecule has 1 saturated heterocycles. The second-order valence-electron chi connectivity index (χ2n) is 5.54. The van der Waals surface area contributed by atoms with Crippen molar-refractivity contribution in [2.75, 3.05) is 6.61 Å². The maximum atomic E-state index is 11.9. The van der Waals surface area contributed by atoms with Gasteiger partial charge in [-0.2, -0.15) is 0 Å². The average Bonchev–Trinajstić information content (AvgIpc) is 2.95. The Bertz CT molecular complexity index is 682. The molecule has 23 heavy (non-hydrogen) atoms. The van der Waals surface area contributed by atoms with Gasteiger partial charge in [0.2, 0.25) is 0 Å². The van der Waals surface area contributed by atoms with E-state index in [9.17, 15) is 9.90 Å². The smallest absolute Gasteiger partial charge is 0.417 e. The predicted molar refractivity (Wildman–Crippen MR) is 88.0 cm³/mol. The molecule has 0 radical (unpaired) electrons. The molecule has 4 heteroatoms. The van der Waals surface area contributed by atoms with Crippen molar-refractivity contribution >= 4 is 6.09 Å². The molecule has 0 bridgehead atoms. The molecule has 2 aromatic carbocycles. The molecule has 1 N–H and O–H groups in total. The molecule has 0 unspecified atom stereocenters. The van der Waals surface area contributed by atoms with E-state index in [0.717, 1.165) is 11.1 Å². The van der Waals surface area contributed by atoms with E-state index in [0.29, 0.717) is 12.8 Å². The van der Waals surface area contributed by atoms with E-state index >= 15 is 0 Å². The Balaban J connectivity index is 1.71. The zero-order valence-corrected chi connectivity index (χ0v) is 12.8. The molecule has 1 amide bonds. The molecule has 4 nitrogen and oxygen atoms in total. The molecule has 0 saturated carbocycles. The van der Waals surface area contributed by atoms with Gasteiger partial charge >= 0.3 is 6.09 Å². The number of aliphatic hydroxyl groups is 1. The summed E-state index contributed by atoms with van der Waals surface area (Å²) in [5, 5.41) is 10.3. The van der Waals surface area contributed by atoms with Crippen molar-refractivity contribution in [3.8, 4) is 0 Å². The summed E-state index contributed by atoms with van der Waals surface area (Å²) in [5.74, 6) is -0.0442. The van der Waals surface area contributed by atoms with Gasteiger partial charge in [0.1, 0.15) is 6.61 Å². The largest absolute Gasteiger partial charge is 0.495 e. The van der Waals surface area contributed by atoms with Crippen LogP contribution in [0.15, 0.2) is 72.6 Å². The van der Waals surface area contributed by atoms with Crippen LogP contribution in [0.1, 0.15) is 11.1 Å². The minimum absolute atomic E-state index is 0.0442. The average molecular weight is 309 g/mol. The molecule has 2 aromatic rings. The monoisotopic (exact) mass is 309 g/mol. The van der Waals surface area contributed by atoms with E-state index in [2.05, 4.69) is 0 Å². The first-order valence-corrected chi connectivity index (χ1v) is 7.67. The Morgan fingerprint density at radius 2 is 1.70 bits per heavy atom. The van der Waals surface area contributed by atoms with Gasteiger partial charge in [-0.3, -0.25) is 0 Å². The highest BCUT2D eigenvalue weighted by Gasteiger charge is 2.35. The highest BCUT2D eigenvalue weighted by Crippen LogP contribution is 2.21. The maximum absolute atomic E-state index is 11.9. The lowest BCUT2D eigenvalue weighted by Gasteiger charge is -2.20. The molecule has 1 atom stereocenters. The molecule has 1 fully saturated rings. The zero-order chi connectivity index (χ0) is 16.1. The van der Waals surface area contributed by atoms with E-state index in [1.54, 1.807) is 6.08 Å². The fourth-order valence-electron chi connectivity index (χ4n) is 2.70. The van der Waals surface area contributed by atoms with Gasteiger partial charge in [0.15, 0.2) is 5.88 Å². The van der Waals surface area contributed by atoms with Crippen LogP contribution in [-0.4, -0.2) is 28.7 Å². The molecule has 118 valence electrons. The fourth-order valence-corrected chi connectivity index (χ4v) is 2.70. The molecular formula is C19H19NO3. The number of carbonyl (C=O) groups is 1. The van der Waals surface area contributed by atoms with Crippen molar-refractivity contribution in [2.24, 2.45) is 0 Å². The lowest BCUT2D eigenvalue weighted by molar-refractivity contribution is 0.149. The van der Waals surface area contributed by atoms with Crippen molar-refractivity contribution in [3.05, 3.63) is 83.7 Å². The Kier molecular flexibility index (Phi) is 4.62. The van der Waals surface area contributed by atoms with Crippen molar-refractivity contribution < 1.29 is 14.6 Å². The number of hydrogen-bond acceptors (Lipinski definition) is 3. The first kappa shape index (κ1) is 15.2. The molecule has 3 rings (SSSR count). The third-order valence-electron chi connectivity index (χ3n) is 3.89. The number of rotatable bonds is 5. The second-order valence-corrected chi connectivity index (χ2v) is 5.54. The van der Waals surface area contributed by atoms with E-state index < -0.39 is 6.09 Å². The van der Waals surface area contributed by atoms with E-state index in [1.807, 2.05) is 60.7 Å². The van der Waals surface area contributed by atoms with Crippen molar-refractivity contribution in [1.29, 1.82) is 0 Å². The Labute approximate surface area is 135 Å². The van der Waals surface area contributed by atoms with Crippen LogP contribution in [0.3, 0.4) is 0 Å². The van der Waals surface area contributed by atoms with Crippen LogP contribution < -0.4 is 0 Å². The fraction of sp³-hybridized carbons (Fsp3) is 0.211. The van der Waals surface area contributed by atoms with Gasteiger partial charge < -0.3 is 9.84 Å². The summed E-state index contributed by atoms with van der Waals surface area (Å²) >= 11 is 0. The normalized spacial score (nSPS) is 18.1. The summed E-state index contributed by atoms with van der Waals surface area (Å²) in [6.07, 6.45) is 2.37. The number of carbonyl (C=O) groups excluding carboxylic acids is 1. The quantitative estimate of drug-likeness (QED) is 0.857. The van der Waals surface area contributed by atoms with Gasteiger partial charge in [-0.05, 0) is 30.0 Å². The van der Waals surface area contributed by atoms with Gasteiger partial charge in [0.05, 0.1) is 6.04 Å². The topological polar surface area (TPSA) is 49.8 Å². The summed E-state index contributed by atoms with van der Waals surface area (Å²) in [6, 6.07) is 19.5. The van der Waals surface area contributed by atoms with Gasteiger partial charge in [0, 0.05) is 0 Å². The minimum atomic E-state index is -0.493. The Hall–Kier alpha value is -2.75. The first-order chi connectivity index (χ1) is 11.2. The van der Waals surface area contributed by atoms with Crippen LogP contribution in [0.25, 0.3) is 0 Å². The number of aliphatic hydroxyl groups excluding tert-OH is 1. The van der Waals surface area contributed by atoms with Gasteiger partial charge in [-0.25, -0.2) is 9.69 Å². The zero-order valence-electron chi connectivity index (χ0n) is 12.8. The Morgan fingerprint density at radius 3 is 2.35 bits per heavy atom. The van der Waals surface area contributed by atoms with Crippen LogP contribution in [0.2, 0.25) is 0 Å². The summed E-state index contributed by atoms with van der Waals surface area (Å²) in [5.41, 5.74) is 2.18. The van der Waals surface area contributed by atoms with Crippen LogP contribution >= 0.6 is 0 Å². The molecule has 1 aliphatic rings. The third kappa shape index (κ3) is 3.72. The summed E-state index contributed by atoms with van der Waals surface area (Å²) in [6.45, 7) is 0.289. The van der Waals surface area contributed by atoms with Crippen molar-refractivity contribution in [2.45, 2.75) is 18.9 Å². The van der Waals surface area contributed by atoms with E-state index in [1.165, 1.54) is 4.90 Å². The highest BCUT2D eigenvalue weighted by atomic mass is 16.6. The maximum Gasteiger partial charge on any atom is 0.417 e. The SMILES string of the molecule is O=C1OC[C@H](Cc2ccccc2)N1/C(O)=C/Cc1ccccc1. The van der Waals surface area contributed by atoms with E-state index in [-0.39, 0.29) is 18.5 Å². The first-order valence-electron chi connectivity index (χ1n) is 7.67.